The highest BCUT2D eigenvalue weighted by Gasteiger charge is 2.24. The molecule has 0 saturated carbocycles. The molecule has 0 saturated heterocycles. The molecule has 0 aliphatic heterocycles. The number of hydrogen-bond donors (Lipinski definition) is 2. The van der Waals surface area contributed by atoms with Gasteiger partial charge in [-0.2, -0.15) is 0 Å². The third kappa shape index (κ3) is 2.49. The molecule has 0 radical (unpaired) electrons. The van der Waals surface area contributed by atoms with Crippen molar-refractivity contribution in [2.75, 3.05) is 11.1 Å². The second-order valence-electron chi connectivity index (χ2n) is 5.93. The number of nitrogens with two attached hydrogens (primary N) is 1. The number of anilines is 2. The third-order valence-electron chi connectivity index (χ3n) is 4.46. The van der Waals surface area contributed by atoms with Crippen molar-refractivity contribution in [1.82, 2.24) is 0 Å². The Balaban J connectivity index is 1.72. The summed E-state index contributed by atoms with van der Waals surface area (Å²) in [6.07, 6.45) is 4.34. The lowest BCUT2D eigenvalue weighted by molar-refractivity contribution is 0.102. The lowest BCUT2D eigenvalue weighted by Gasteiger charge is -2.13. The van der Waals surface area contributed by atoms with Gasteiger partial charge >= 0.3 is 0 Å². The Kier molecular flexibility index (Phi) is 3.54. The first-order valence-electron chi connectivity index (χ1n) is 7.93. The van der Waals surface area contributed by atoms with Gasteiger partial charge in [0.05, 0.1) is 10.6 Å². The number of rotatable bonds is 2. The molecule has 2 aromatic carbocycles. The van der Waals surface area contributed by atoms with E-state index in [9.17, 15) is 4.79 Å². The molecule has 0 spiro atoms. The zero-order valence-electron chi connectivity index (χ0n) is 12.8. The summed E-state index contributed by atoms with van der Waals surface area (Å²) >= 11 is 1.58. The standard InChI is InChI=1S/C19H18N2OS/c20-18-17(14-9-3-4-11-16(14)23-18)19(22)21-15-10-5-7-12-6-1-2-8-13(12)15/h1-2,5-8,10H,3-4,9,11,20H2,(H,21,22). The van der Waals surface area contributed by atoms with Crippen molar-refractivity contribution in [3.05, 3.63) is 58.5 Å². The minimum absolute atomic E-state index is 0.0850. The Hall–Kier alpha value is -2.33. The van der Waals surface area contributed by atoms with Crippen LogP contribution in [-0.2, 0) is 12.8 Å². The first kappa shape index (κ1) is 14.3. The highest BCUT2D eigenvalue weighted by Crippen LogP contribution is 2.37. The molecule has 3 nitrogen and oxygen atoms in total. The Morgan fingerprint density at radius 1 is 1.04 bits per heavy atom. The molecule has 3 N–H and O–H groups in total. The first-order valence-corrected chi connectivity index (χ1v) is 8.75. The van der Waals surface area contributed by atoms with Crippen molar-refractivity contribution in [2.45, 2.75) is 25.7 Å². The molecule has 1 heterocycles. The van der Waals surface area contributed by atoms with E-state index in [1.165, 1.54) is 11.3 Å². The van der Waals surface area contributed by atoms with Crippen molar-refractivity contribution in [2.24, 2.45) is 0 Å². The molecule has 4 rings (SSSR count). The van der Waals surface area contributed by atoms with Crippen LogP contribution in [0.1, 0.15) is 33.6 Å². The molecule has 23 heavy (non-hydrogen) atoms. The maximum Gasteiger partial charge on any atom is 0.258 e. The monoisotopic (exact) mass is 322 g/mol. The normalized spacial score (nSPS) is 13.7. The van der Waals surface area contributed by atoms with Gasteiger partial charge in [-0.1, -0.05) is 36.4 Å². The van der Waals surface area contributed by atoms with E-state index in [-0.39, 0.29) is 5.91 Å². The van der Waals surface area contributed by atoms with Crippen molar-refractivity contribution in [3.63, 3.8) is 0 Å². The molecule has 4 heteroatoms. The van der Waals surface area contributed by atoms with Crippen LogP contribution in [0.4, 0.5) is 10.7 Å². The fourth-order valence-electron chi connectivity index (χ4n) is 3.36. The van der Waals surface area contributed by atoms with Gasteiger partial charge in [0.15, 0.2) is 0 Å². The van der Waals surface area contributed by atoms with E-state index in [1.54, 1.807) is 11.3 Å². The third-order valence-corrected chi connectivity index (χ3v) is 5.58. The van der Waals surface area contributed by atoms with Crippen LogP contribution in [-0.4, -0.2) is 5.91 Å². The van der Waals surface area contributed by atoms with Gasteiger partial charge < -0.3 is 11.1 Å². The minimum Gasteiger partial charge on any atom is -0.390 e. The van der Waals surface area contributed by atoms with Crippen LogP contribution in [0.15, 0.2) is 42.5 Å². The SMILES string of the molecule is Nc1sc2c(c1C(=O)Nc1cccc3ccccc13)CCCC2. The Labute approximate surface area is 139 Å². The number of carbonyl (C=O) groups is 1. The van der Waals surface area contributed by atoms with Crippen LogP contribution in [0.25, 0.3) is 10.8 Å². The van der Waals surface area contributed by atoms with Crippen molar-refractivity contribution < 1.29 is 4.79 Å². The fourth-order valence-corrected chi connectivity index (χ4v) is 4.51. The largest absolute Gasteiger partial charge is 0.390 e. The highest BCUT2D eigenvalue weighted by molar-refractivity contribution is 7.16. The number of aryl methyl sites for hydroxylation is 1. The van der Waals surface area contributed by atoms with E-state index in [0.29, 0.717) is 10.6 Å². The van der Waals surface area contributed by atoms with Crippen molar-refractivity contribution in [1.29, 1.82) is 0 Å². The van der Waals surface area contributed by atoms with Crippen molar-refractivity contribution >= 4 is 38.7 Å². The van der Waals surface area contributed by atoms with E-state index in [4.69, 9.17) is 5.73 Å². The second-order valence-corrected chi connectivity index (χ2v) is 7.07. The highest BCUT2D eigenvalue weighted by atomic mass is 32.1. The summed E-state index contributed by atoms with van der Waals surface area (Å²) in [5.41, 5.74) is 8.84. The summed E-state index contributed by atoms with van der Waals surface area (Å²) in [7, 11) is 0. The van der Waals surface area contributed by atoms with E-state index in [1.807, 2.05) is 42.5 Å². The van der Waals surface area contributed by atoms with Gasteiger partial charge in [-0.3, -0.25) is 4.79 Å². The zero-order valence-corrected chi connectivity index (χ0v) is 13.6. The average Bonchev–Trinajstić information content (AvgIpc) is 2.91. The summed E-state index contributed by atoms with van der Waals surface area (Å²) in [6.45, 7) is 0. The molecule has 1 aliphatic rings. The number of nitrogens with one attached hydrogen (secondary N) is 1. The van der Waals surface area contributed by atoms with Gasteiger partial charge in [-0.15, -0.1) is 11.3 Å². The summed E-state index contributed by atoms with van der Waals surface area (Å²) in [4.78, 5) is 14.1. The molecule has 0 unspecified atom stereocenters. The Morgan fingerprint density at radius 3 is 2.74 bits per heavy atom. The lowest BCUT2D eigenvalue weighted by Crippen LogP contribution is -2.16. The molecule has 1 amide bonds. The molecule has 3 aromatic rings. The number of fused-ring (bicyclic) bond motifs is 2. The number of amides is 1. The van der Waals surface area contributed by atoms with Gasteiger partial charge in [0.25, 0.3) is 5.91 Å². The molecule has 0 fully saturated rings. The molecular formula is C19H18N2OS. The number of hydrogen-bond acceptors (Lipinski definition) is 3. The molecule has 1 aromatic heterocycles. The molecule has 116 valence electrons. The zero-order chi connectivity index (χ0) is 15.8. The van der Waals surface area contributed by atoms with Crippen LogP contribution in [0.5, 0.6) is 0 Å². The second kappa shape index (κ2) is 5.70. The maximum absolute atomic E-state index is 12.8. The fraction of sp³-hybridized carbons (Fsp3) is 0.211. The topological polar surface area (TPSA) is 55.1 Å². The van der Waals surface area contributed by atoms with E-state index in [0.717, 1.165) is 41.3 Å². The Morgan fingerprint density at radius 2 is 1.83 bits per heavy atom. The predicted octanol–water partition coefficient (Wildman–Crippen LogP) is 4.61. The minimum atomic E-state index is -0.0850. The average molecular weight is 322 g/mol. The van der Waals surface area contributed by atoms with E-state index in [2.05, 4.69) is 5.32 Å². The smallest absolute Gasteiger partial charge is 0.258 e. The summed E-state index contributed by atoms with van der Waals surface area (Å²) < 4.78 is 0. The molecule has 0 bridgehead atoms. The van der Waals surface area contributed by atoms with Crippen LogP contribution in [0.2, 0.25) is 0 Å². The number of nitrogen functional groups attached to an aromatic ring is 1. The van der Waals surface area contributed by atoms with Gasteiger partial charge in [0.2, 0.25) is 0 Å². The van der Waals surface area contributed by atoms with Crippen molar-refractivity contribution in [3.8, 4) is 0 Å². The lowest BCUT2D eigenvalue weighted by atomic mass is 9.95. The quantitative estimate of drug-likeness (QED) is 0.723. The summed E-state index contributed by atoms with van der Waals surface area (Å²) in [6, 6.07) is 14.0. The van der Waals surface area contributed by atoms with Crippen LogP contribution >= 0.6 is 11.3 Å². The molecular weight excluding hydrogens is 304 g/mol. The van der Waals surface area contributed by atoms with Gasteiger partial charge in [0, 0.05) is 16.0 Å². The van der Waals surface area contributed by atoms with Gasteiger partial charge in [-0.05, 0) is 42.7 Å². The number of benzene rings is 2. The number of carbonyl (C=O) groups excluding carboxylic acids is 1. The van der Waals surface area contributed by atoms with Crippen LogP contribution in [0.3, 0.4) is 0 Å². The van der Waals surface area contributed by atoms with Crippen LogP contribution < -0.4 is 11.1 Å². The molecule has 0 atom stereocenters. The maximum atomic E-state index is 12.8. The summed E-state index contributed by atoms with van der Waals surface area (Å²) in [5.74, 6) is -0.0850. The predicted molar refractivity (Wildman–Crippen MR) is 97.3 cm³/mol. The first-order chi connectivity index (χ1) is 11.2. The van der Waals surface area contributed by atoms with Crippen LogP contribution in [0, 0.1) is 0 Å². The van der Waals surface area contributed by atoms with Gasteiger partial charge in [0.1, 0.15) is 0 Å². The van der Waals surface area contributed by atoms with Gasteiger partial charge in [-0.25, -0.2) is 0 Å². The van der Waals surface area contributed by atoms with E-state index >= 15 is 0 Å². The summed E-state index contributed by atoms with van der Waals surface area (Å²) in [5, 5.41) is 5.88. The Bertz CT molecular complexity index is 892. The molecule has 1 aliphatic carbocycles. The number of thiophene rings is 1. The van der Waals surface area contributed by atoms with E-state index < -0.39 is 0 Å².